The van der Waals surface area contributed by atoms with E-state index in [1.165, 1.54) is 0 Å². The van der Waals surface area contributed by atoms with Gasteiger partial charge in [0.15, 0.2) is 13.2 Å². The molecule has 0 N–H and O–H groups in total. The van der Waals surface area contributed by atoms with Crippen molar-refractivity contribution in [1.29, 1.82) is 0 Å². The molecule has 0 saturated carbocycles. The summed E-state index contributed by atoms with van der Waals surface area (Å²) < 4.78 is 10.2. The van der Waals surface area contributed by atoms with Gasteiger partial charge in [-0.25, -0.2) is 0 Å². The highest BCUT2D eigenvalue weighted by Crippen LogP contribution is 1.86. The van der Waals surface area contributed by atoms with E-state index in [2.05, 4.69) is 9.68 Å². The van der Waals surface area contributed by atoms with E-state index in [4.69, 9.17) is 9.47 Å². The lowest BCUT2D eigenvalue weighted by Gasteiger charge is -1.99. The molecule has 0 spiro atoms. The Hall–Kier alpha value is -0.880. The van der Waals surface area contributed by atoms with Gasteiger partial charge in [-0.05, 0) is 12.8 Å². The van der Waals surface area contributed by atoms with Crippen LogP contribution in [0.15, 0.2) is 0 Å². The second-order valence-electron chi connectivity index (χ2n) is 3.11. The summed E-state index contributed by atoms with van der Waals surface area (Å²) in [5.74, 6) is 0. The van der Waals surface area contributed by atoms with Crippen LogP contribution in [0.4, 0.5) is 0 Å². The van der Waals surface area contributed by atoms with Gasteiger partial charge in [0.05, 0.1) is 13.2 Å². The average Bonchev–Trinajstić information content (AvgIpc) is 2.28. The molecule has 96 valence electrons. The van der Waals surface area contributed by atoms with Crippen LogP contribution in [0.2, 0.25) is 0 Å². The highest BCUT2D eigenvalue weighted by Gasteiger charge is 2.11. The fourth-order valence-electron chi connectivity index (χ4n) is 0.872. The SMILES string of the molecule is CCCOCCO[N+](=O)OCCOCCC. The number of nitrogens with zero attached hydrogens (tertiary/aromatic N) is 1. The molecule has 0 saturated heterocycles. The lowest BCUT2D eigenvalue weighted by atomic mass is 10.5. The summed E-state index contributed by atoms with van der Waals surface area (Å²) in [6, 6.07) is 0. The van der Waals surface area contributed by atoms with Crippen molar-refractivity contribution >= 4 is 0 Å². The van der Waals surface area contributed by atoms with Gasteiger partial charge in [0.25, 0.3) is 0 Å². The second-order valence-corrected chi connectivity index (χ2v) is 3.11. The summed E-state index contributed by atoms with van der Waals surface area (Å²) in [5.41, 5.74) is 0. The van der Waals surface area contributed by atoms with E-state index >= 15 is 0 Å². The molecular formula is C10H22NO5+. The standard InChI is InChI=1S/C10H22NO5/c1-3-5-13-7-9-15-11(12)16-10-8-14-6-4-2/h3-10H2,1-2H3/q+1. The van der Waals surface area contributed by atoms with E-state index in [0.717, 1.165) is 12.8 Å². The molecule has 16 heavy (non-hydrogen) atoms. The molecule has 0 aromatic rings. The first-order valence-electron chi connectivity index (χ1n) is 5.69. The monoisotopic (exact) mass is 236 g/mol. The second kappa shape index (κ2) is 12.2. The maximum absolute atomic E-state index is 10.9. The number of hydrogen-bond donors (Lipinski definition) is 0. The van der Waals surface area contributed by atoms with Crippen molar-refractivity contribution in [3.63, 3.8) is 0 Å². The van der Waals surface area contributed by atoms with Crippen LogP contribution >= 0.6 is 0 Å². The van der Waals surface area contributed by atoms with Gasteiger partial charge in [0.1, 0.15) is 4.91 Å². The summed E-state index contributed by atoms with van der Waals surface area (Å²) in [4.78, 5) is 20.2. The van der Waals surface area contributed by atoms with Crippen LogP contribution in [0.25, 0.3) is 0 Å². The third-order valence-electron chi connectivity index (χ3n) is 1.55. The molecular weight excluding hydrogens is 214 g/mol. The van der Waals surface area contributed by atoms with Crippen molar-refractivity contribution in [3.05, 3.63) is 4.91 Å². The minimum atomic E-state index is 0.102. The first-order chi connectivity index (χ1) is 7.81. The smallest absolute Gasteiger partial charge is 0.378 e. The van der Waals surface area contributed by atoms with Gasteiger partial charge >= 0.3 is 5.09 Å². The van der Waals surface area contributed by atoms with Crippen LogP contribution in [0.1, 0.15) is 26.7 Å². The highest BCUT2D eigenvalue weighted by atomic mass is 17.0. The van der Waals surface area contributed by atoms with E-state index in [1.807, 2.05) is 13.8 Å². The molecule has 0 aliphatic carbocycles. The van der Waals surface area contributed by atoms with Crippen LogP contribution in [0.3, 0.4) is 0 Å². The Bertz CT molecular complexity index is 149. The molecule has 0 radical (unpaired) electrons. The minimum Gasteiger partial charge on any atom is -0.378 e. The summed E-state index contributed by atoms with van der Waals surface area (Å²) in [5, 5.41) is 0.102. The summed E-state index contributed by atoms with van der Waals surface area (Å²) in [7, 11) is 0. The minimum absolute atomic E-state index is 0.102. The molecule has 0 aliphatic heterocycles. The first kappa shape index (κ1) is 15.1. The fraction of sp³-hybridized carbons (Fsp3) is 1.00. The summed E-state index contributed by atoms with van der Waals surface area (Å²) >= 11 is 0. The van der Waals surface area contributed by atoms with Crippen molar-refractivity contribution in [2.45, 2.75) is 26.7 Å². The zero-order valence-electron chi connectivity index (χ0n) is 10.1. The van der Waals surface area contributed by atoms with Crippen LogP contribution in [-0.4, -0.2) is 44.7 Å². The largest absolute Gasteiger partial charge is 0.477 e. The normalized spacial score (nSPS) is 10.1. The fourth-order valence-corrected chi connectivity index (χ4v) is 0.872. The van der Waals surface area contributed by atoms with Crippen LogP contribution in [-0.2, 0) is 19.1 Å². The van der Waals surface area contributed by atoms with Crippen LogP contribution in [0, 0.1) is 4.91 Å². The van der Waals surface area contributed by atoms with Crippen molar-refractivity contribution < 1.29 is 24.2 Å². The van der Waals surface area contributed by atoms with E-state index in [9.17, 15) is 4.91 Å². The maximum atomic E-state index is 10.9. The number of ether oxygens (including phenoxy) is 2. The molecule has 0 rings (SSSR count). The van der Waals surface area contributed by atoms with E-state index < -0.39 is 0 Å². The van der Waals surface area contributed by atoms with Crippen molar-refractivity contribution in [2.24, 2.45) is 0 Å². The highest BCUT2D eigenvalue weighted by molar-refractivity contribution is 4.27. The predicted molar refractivity (Wildman–Crippen MR) is 57.8 cm³/mol. The molecule has 0 aromatic carbocycles. The molecule has 6 heteroatoms. The first-order valence-corrected chi connectivity index (χ1v) is 5.69. The molecule has 0 amide bonds. The van der Waals surface area contributed by atoms with E-state index in [1.54, 1.807) is 0 Å². The molecule has 0 bridgehead atoms. The van der Waals surface area contributed by atoms with Gasteiger partial charge in [-0.1, -0.05) is 13.8 Å². The van der Waals surface area contributed by atoms with Gasteiger partial charge < -0.3 is 9.47 Å². The Labute approximate surface area is 96.3 Å². The topological polar surface area (TPSA) is 57.0 Å². The molecule has 0 atom stereocenters. The Kier molecular flexibility index (Phi) is 11.5. The summed E-state index contributed by atoms with van der Waals surface area (Å²) in [6.45, 7) is 6.55. The lowest BCUT2D eigenvalue weighted by Crippen LogP contribution is -2.17. The molecule has 0 heterocycles. The Morgan fingerprint density at radius 2 is 1.19 bits per heavy atom. The third-order valence-corrected chi connectivity index (χ3v) is 1.55. The van der Waals surface area contributed by atoms with Crippen molar-refractivity contribution in [2.75, 3.05) is 39.6 Å². The van der Waals surface area contributed by atoms with Crippen LogP contribution in [0.5, 0.6) is 0 Å². The summed E-state index contributed by atoms with van der Waals surface area (Å²) in [6.07, 6.45) is 1.90. The lowest BCUT2D eigenvalue weighted by molar-refractivity contribution is -0.981. The quantitative estimate of drug-likeness (QED) is 0.379. The molecule has 0 aromatic heterocycles. The molecule has 6 nitrogen and oxygen atoms in total. The third kappa shape index (κ3) is 11.2. The molecule has 0 unspecified atom stereocenters. The van der Waals surface area contributed by atoms with Crippen molar-refractivity contribution in [3.8, 4) is 0 Å². The molecule has 0 fully saturated rings. The Morgan fingerprint density at radius 1 is 0.750 bits per heavy atom. The zero-order valence-corrected chi connectivity index (χ0v) is 10.1. The number of hydrogen-bond acceptors (Lipinski definition) is 5. The predicted octanol–water partition coefficient (Wildman–Crippen LogP) is 1.48. The van der Waals surface area contributed by atoms with Gasteiger partial charge in [0.2, 0.25) is 0 Å². The Morgan fingerprint density at radius 3 is 1.56 bits per heavy atom. The number of rotatable bonds is 12. The van der Waals surface area contributed by atoms with E-state index in [-0.39, 0.29) is 18.3 Å². The molecule has 0 aliphatic rings. The van der Waals surface area contributed by atoms with Crippen molar-refractivity contribution in [1.82, 2.24) is 0 Å². The van der Waals surface area contributed by atoms with Gasteiger partial charge in [-0.2, -0.15) is 9.68 Å². The zero-order chi connectivity index (χ0) is 12.1. The van der Waals surface area contributed by atoms with E-state index in [0.29, 0.717) is 26.4 Å². The van der Waals surface area contributed by atoms with Gasteiger partial charge in [-0.3, -0.25) is 0 Å². The maximum Gasteiger partial charge on any atom is 0.477 e. The van der Waals surface area contributed by atoms with Gasteiger partial charge in [-0.15, -0.1) is 0 Å². The average molecular weight is 236 g/mol. The van der Waals surface area contributed by atoms with Gasteiger partial charge in [0, 0.05) is 13.2 Å². The Balaban J connectivity index is 3.12. The van der Waals surface area contributed by atoms with Crippen LogP contribution < -0.4 is 0 Å².